The summed E-state index contributed by atoms with van der Waals surface area (Å²) in [6.07, 6.45) is 0. The fourth-order valence-corrected chi connectivity index (χ4v) is 1.91. The minimum absolute atomic E-state index is 0.0692. The normalized spacial score (nSPS) is 21.1. The molecule has 0 bridgehead atoms. The Morgan fingerprint density at radius 3 is 3.09 bits per heavy atom. The van der Waals surface area contributed by atoms with Crippen LogP contribution in [0.2, 0.25) is 0 Å². The van der Waals surface area contributed by atoms with Crippen molar-refractivity contribution in [3.05, 3.63) is 27.3 Å². The Morgan fingerprint density at radius 1 is 1.55 bits per heavy atom. The van der Waals surface area contributed by atoms with Gasteiger partial charge in [0.1, 0.15) is 12.4 Å². The summed E-state index contributed by atoms with van der Waals surface area (Å²) in [5.74, 6) is 0.973. The highest BCUT2D eigenvalue weighted by molar-refractivity contribution is 14.1. The van der Waals surface area contributed by atoms with Crippen molar-refractivity contribution < 1.29 is 4.74 Å². The van der Waals surface area contributed by atoms with E-state index in [9.17, 15) is 0 Å². The largest absolute Gasteiger partial charge is 0.490 e. The second kappa shape index (κ2) is 2.64. The molecule has 1 aromatic rings. The zero-order valence-electron chi connectivity index (χ0n) is 5.88. The van der Waals surface area contributed by atoms with E-state index in [4.69, 9.17) is 10.5 Å². The molecule has 0 radical (unpaired) electrons. The van der Waals surface area contributed by atoms with E-state index in [1.54, 1.807) is 0 Å². The van der Waals surface area contributed by atoms with Crippen molar-refractivity contribution >= 4 is 22.6 Å². The van der Waals surface area contributed by atoms with Crippen molar-refractivity contribution in [2.45, 2.75) is 6.04 Å². The monoisotopic (exact) mass is 261 g/mol. The minimum Gasteiger partial charge on any atom is -0.490 e. The summed E-state index contributed by atoms with van der Waals surface area (Å²) < 4.78 is 6.56. The number of ether oxygens (including phenoxy) is 1. The number of fused-ring (bicyclic) bond motifs is 1. The van der Waals surface area contributed by atoms with Gasteiger partial charge in [0.05, 0.1) is 9.61 Å². The lowest BCUT2D eigenvalue weighted by atomic mass is 10.1. The van der Waals surface area contributed by atoms with Gasteiger partial charge < -0.3 is 10.5 Å². The van der Waals surface area contributed by atoms with Crippen LogP contribution in [0.5, 0.6) is 5.75 Å². The quantitative estimate of drug-likeness (QED) is 0.721. The number of benzene rings is 1. The van der Waals surface area contributed by atoms with Gasteiger partial charge in [0, 0.05) is 5.56 Å². The van der Waals surface area contributed by atoms with Crippen molar-refractivity contribution in [1.82, 2.24) is 0 Å². The van der Waals surface area contributed by atoms with Gasteiger partial charge in [-0.1, -0.05) is 12.1 Å². The van der Waals surface area contributed by atoms with E-state index >= 15 is 0 Å². The van der Waals surface area contributed by atoms with Gasteiger partial charge in [-0.15, -0.1) is 0 Å². The maximum atomic E-state index is 5.79. The van der Waals surface area contributed by atoms with Crippen LogP contribution in [0.25, 0.3) is 0 Å². The van der Waals surface area contributed by atoms with Crippen LogP contribution < -0.4 is 10.5 Å². The summed E-state index contributed by atoms with van der Waals surface area (Å²) in [6.45, 7) is 0.620. The number of hydrogen-bond acceptors (Lipinski definition) is 2. The lowest BCUT2D eigenvalue weighted by Crippen LogP contribution is -2.10. The summed E-state index contributed by atoms with van der Waals surface area (Å²) in [6, 6.07) is 6.13. The first kappa shape index (κ1) is 7.36. The van der Waals surface area contributed by atoms with Crippen molar-refractivity contribution in [2.24, 2.45) is 5.73 Å². The van der Waals surface area contributed by atoms with Crippen LogP contribution in [-0.4, -0.2) is 6.61 Å². The summed E-state index contributed by atoms with van der Waals surface area (Å²) in [7, 11) is 0. The molecule has 0 amide bonds. The van der Waals surface area contributed by atoms with Gasteiger partial charge in [0.25, 0.3) is 0 Å². The third kappa shape index (κ3) is 1.12. The lowest BCUT2D eigenvalue weighted by molar-refractivity contribution is 0.331. The van der Waals surface area contributed by atoms with Crippen molar-refractivity contribution in [3.8, 4) is 5.75 Å². The SMILES string of the molecule is NC1COc2c(I)cccc21. The molecule has 11 heavy (non-hydrogen) atoms. The van der Waals surface area contributed by atoms with Gasteiger partial charge in [-0.2, -0.15) is 0 Å². The Hall–Kier alpha value is -0.290. The Morgan fingerprint density at radius 2 is 2.36 bits per heavy atom. The molecule has 2 N–H and O–H groups in total. The van der Waals surface area contributed by atoms with Crippen LogP contribution in [0.15, 0.2) is 18.2 Å². The molecule has 1 atom stereocenters. The number of para-hydroxylation sites is 1. The average molecular weight is 261 g/mol. The van der Waals surface area contributed by atoms with Crippen molar-refractivity contribution in [2.75, 3.05) is 6.61 Å². The predicted molar refractivity (Wildman–Crippen MR) is 51.6 cm³/mol. The summed E-state index contributed by atoms with van der Waals surface area (Å²) in [4.78, 5) is 0. The maximum absolute atomic E-state index is 5.79. The Kier molecular flexibility index (Phi) is 1.77. The molecule has 0 saturated carbocycles. The van der Waals surface area contributed by atoms with Crippen molar-refractivity contribution in [1.29, 1.82) is 0 Å². The van der Waals surface area contributed by atoms with Crippen LogP contribution >= 0.6 is 22.6 Å². The smallest absolute Gasteiger partial charge is 0.137 e. The third-order valence-corrected chi connectivity index (χ3v) is 2.65. The molecule has 1 aliphatic rings. The first-order valence-corrected chi connectivity index (χ1v) is 4.53. The van der Waals surface area contributed by atoms with Gasteiger partial charge in [0.15, 0.2) is 0 Å². The van der Waals surface area contributed by atoms with Crippen LogP contribution in [0, 0.1) is 3.57 Å². The molecule has 2 nitrogen and oxygen atoms in total. The molecule has 0 fully saturated rings. The molecule has 0 aromatic heterocycles. The van der Waals surface area contributed by atoms with E-state index < -0.39 is 0 Å². The molecular weight excluding hydrogens is 253 g/mol. The van der Waals surface area contributed by atoms with Crippen LogP contribution in [0.4, 0.5) is 0 Å². The molecule has 0 spiro atoms. The van der Waals surface area contributed by atoms with E-state index in [0.29, 0.717) is 6.61 Å². The second-order valence-corrected chi connectivity index (χ2v) is 3.74. The zero-order valence-corrected chi connectivity index (χ0v) is 8.04. The van der Waals surface area contributed by atoms with E-state index in [1.165, 1.54) is 0 Å². The molecule has 3 heteroatoms. The van der Waals surface area contributed by atoms with Crippen LogP contribution in [0.1, 0.15) is 11.6 Å². The first-order chi connectivity index (χ1) is 5.29. The Labute approximate surface area is 78.9 Å². The minimum atomic E-state index is 0.0692. The highest BCUT2D eigenvalue weighted by Gasteiger charge is 2.21. The fourth-order valence-electron chi connectivity index (χ4n) is 1.23. The molecule has 1 aromatic carbocycles. The molecule has 58 valence electrons. The van der Waals surface area contributed by atoms with Gasteiger partial charge in [-0.05, 0) is 28.7 Å². The van der Waals surface area contributed by atoms with Gasteiger partial charge >= 0.3 is 0 Å². The van der Waals surface area contributed by atoms with Crippen molar-refractivity contribution in [3.63, 3.8) is 0 Å². The van der Waals surface area contributed by atoms with E-state index in [1.807, 2.05) is 18.2 Å². The van der Waals surface area contributed by atoms with Gasteiger partial charge in [0.2, 0.25) is 0 Å². The average Bonchev–Trinajstić information content (AvgIpc) is 2.35. The summed E-state index contributed by atoms with van der Waals surface area (Å²) in [5.41, 5.74) is 6.92. The molecule has 1 heterocycles. The highest BCUT2D eigenvalue weighted by Crippen LogP contribution is 2.34. The lowest BCUT2D eigenvalue weighted by Gasteiger charge is -2.00. The Balaban J connectivity index is 2.57. The number of nitrogens with two attached hydrogens (primary N) is 1. The first-order valence-electron chi connectivity index (χ1n) is 3.46. The third-order valence-electron chi connectivity index (χ3n) is 1.80. The molecule has 1 aliphatic heterocycles. The van der Waals surface area contributed by atoms with E-state index in [-0.39, 0.29) is 6.04 Å². The zero-order chi connectivity index (χ0) is 7.84. The second-order valence-electron chi connectivity index (χ2n) is 2.58. The fraction of sp³-hybridized carbons (Fsp3) is 0.250. The van der Waals surface area contributed by atoms with Gasteiger partial charge in [-0.3, -0.25) is 0 Å². The predicted octanol–water partition coefficient (Wildman–Crippen LogP) is 1.68. The summed E-state index contributed by atoms with van der Waals surface area (Å²) >= 11 is 2.26. The number of rotatable bonds is 0. The van der Waals surface area contributed by atoms with E-state index in [0.717, 1.165) is 14.9 Å². The maximum Gasteiger partial charge on any atom is 0.137 e. The number of halogens is 1. The molecule has 0 saturated heterocycles. The van der Waals surface area contributed by atoms with Gasteiger partial charge in [-0.25, -0.2) is 0 Å². The van der Waals surface area contributed by atoms with Crippen LogP contribution in [0.3, 0.4) is 0 Å². The number of hydrogen-bond donors (Lipinski definition) is 1. The van der Waals surface area contributed by atoms with E-state index in [2.05, 4.69) is 22.6 Å². The molecular formula is C8H8INO. The standard InChI is InChI=1S/C8H8INO/c9-6-3-1-2-5-7(10)4-11-8(5)6/h1-3,7H,4,10H2. The molecule has 2 rings (SSSR count). The highest BCUT2D eigenvalue weighted by atomic mass is 127. The topological polar surface area (TPSA) is 35.2 Å². The molecule has 1 unspecified atom stereocenters. The molecule has 0 aliphatic carbocycles. The Bertz CT molecular complexity index is 287. The summed E-state index contributed by atoms with van der Waals surface area (Å²) in [5, 5.41) is 0. The van der Waals surface area contributed by atoms with Crippen LogP contribution in [-0.2, 0) is 0 Å².